The van der Waals surface area contributed by atoms with Crippen molar-refractivity contribution in [2.24, 2.45) is 0 Å². The predicted octanol–water partition coefficient (Wildman–Crippen LogP) is 0.00490. The summed E-state index contributed by atoms with van der Waals surface area (Å²) in [6.45, 7) is 1.60. The molecule has 0 radical (unpaired) electrons. The second-order valence-corrected chi connectivity index (χ2v) is 6.29. The molecule has 0 atom stereocenters. The minimum Gasteiger partial charge on any atom is -0.293 e. The molecule has 0 N–H and O–H groups in total. The van der Waals surface area contributed by atoms with E-state index in [0.29, 0.717) is 17.1 Å². The average molecular weight is 323 g/mol. The maximum atomic E-state index is 11.3. The van der Waals surface area contributed by atoms with Gasteiger partial charge in [-0.25, -0.2) is 9.97 Å². The number of carbonyl (C=O) groups excluding carboxylic acids is 1. The summed E-state index contributed by atoms with van der Waals surface area (Å²) in [5, 5.41) is 4.10. The lowest BCUT2D eigenvalue weighted by Gasteiger charge is -2.01. The van der Waals surface area contributed by atoms with E-state index < -0.39 is 10.1 Å². The van der Waals surface area contributed by atoms with Crippen molar-refractivity contribution in [3.63, 3.8) is 0 Å². The minimum absolute atomic E-state index is 0.146. The van der Waals surface area contributed by atoms with Crippen LogP contribution in [0.25, 0.3) is 11.4 Å². The zero-order valence-corrected chi connectivity index (χ0v) is 12.9. The van der Waals surface area contributed by atoms with Gasteiger partial charge >= 0.3 is 0 Å². The third-order valence-corrected chi connectivity index (χ3v) is 4.06. The largest absolute Gasteiger partial charge is 0.293 e. The smallest absolute Gasteiger partial charge is 0.273 e. The van der Waals surface area contributed by atoms with E-state index in [2.05, 4.69) is 19.2 Å². The van der Waals surface area contributed by atoms with Crippen LogP contribution in [0.4, 0.5) is 0 Å². The molecule has 0 aromatic carbocycles. The first-order chi connectivity index (χ1) is 10.4. The number of aryl methyl sites for hydroxylation is 1. The zero-order valence-electron chi connectivity index (χ0n) is 12.1. The van der Waals surface area contributed by atoms with Crippen molar-refractivity contribution < 1.29 is 22.1 Å². The second kappa shape index (κ2) is 6.67. The molecule has 9 heteroatoms. The van der Waals surface area contributed by atoms with Crippen molar-refractivity contribution in [1.82, 2.24) is 15.1 Å². The van der Waals surface area contributed by atoms with Gasteiger partial charge in [-0.1, -0.05) is 4.68 Å². The topological polar surface area (TPSA) is 103 Å². The van der Waals surface area contributed by atoms with Crippen molar-refractivity contribution in [1.29, 1.82) is 0 Å². The van der Waals surface area contributed by atoms with E-state index in [1.165, 1.54) is 30.1 Å². The number of carbonyl (C=O) groups is 1. The second-order valence-electron chi connectivity index (χ2n) is 4.43. The highest BCUT2D eigenvalue weighted by Gasteiger charge is 2.14. The normalized spacial score (nSPS) is 11.4. The SMILES string of the molecule is COS(=O)(=O)CC[n+]1ccc(-c2nccc(C(C)=O)n2)cn1. The summed E-state index contributed by atoms with van der Waals surface area (Å²) in [7, 11) is -2.40. The average Bonchev–Trinajstić information content (AvgIpc) is 2.53. The van der Waals surface area contributed by atoms with Gasteiger partial charge in [0, 0.05) is 24.8 Å². The molecule has 0 aliphatic heterocycles. The first kappa shape index (κ1) is 16.1. The molecule has 0 fully saturated rings. The van der Waals surface area contributed by atoms with E-state index in [4.69, 9.17) is 0 Å². The molecule has 0 aliphatic rings. The van der Waals surface area contributed by atoms with E-state index in [1.807, 2.05) is 0 Å². The highest BCUT2D eigenvalue weighted by atomic mass is 32.2. The van der Waals surface area contributed by atoms with E-state index in [0.717, 1.165) is 7.11 Å². The van der Waals surface area contributed by atoms with Gasteiger partial charge in [0.05, 0.1) is 7.11 Å². The molecular formula is C13H15N4O4S+. The molecule has 0 aliphatic carbocycles. The van der Waals surface area contributed by atoms with Gasteiger partial charge in [-0.2, -0.15) is 8.42 Å². The van der Waals surface area contributed by atoms with Crippen molar-refractivity contribution in [2.75, 3.05) is 12.9 Å². The summed E-state index contributed by atoms with van der Waals surface area (Å²) < 4.78 is 28.3. The van der Waals surface area contributed by atoms with Crippen LogP contribution in [-0.2, 0) is 20.8 Å². The molecule has 0 saturated heterocycles. The van der Waals surface area contributed by atoms with Gasteiger partial charge in [-0.05, 0) is 11.2 Å². The molecule has 0 amide bonds. The van der Waals surface area contributed by atoms with Crippen LogP contribution in [0.1, 0.15) is 17.4 Å². The van der Waals surface area contributed by atoms with Crippen molar-refractivity contribution in [3.8, 4) is 11.4 Å². The third-order valence-electron chi connectivity index (χ3n) is 2.87. The van der Waals surface area contributed by atoms with Gasteiger partial charge in [-0.15, -0.1) is 0 Å². The first-order valence-corrected chi connectivity index (χ1v) is 7.97. The molecule has 2 aromatic rings. The Morgan fingerprint density at radius 2 is 2.14 bits per heavy atom. The van der Waals surface area contributed by atoms with Gasteiger partial charge in [0.15, 0.2) is 24.3 Å². The summed E-state index contributed by atoms with van der Waals surface area (Å²) in [4.78, 5) is 19.5. The monoisotopic (exact) mass is 323 g/mol. The predicted molar refractivity (Wildman–Crippen MR) is 76.3 cm³/mol. The molecule has 0 spiro atoms. The molecule has 2 heterocycles. The molecule has 0 unspecified atom stereocenters. The summed E-state index contributed by atoms with van der Waals surface area (Å²) in [6, 6.07) is 3.24. The number of hydrogen-bond donors (Lipinski definition) is 0. The van der Waals surface area contributed by atoms with Crippen LogP contribution in [0.5, 0.6) is 0 Å². The van der Waals surface area contributed by atoms with Gasteiger partial charge in [0.25, 0.3) is 10.1 Å². The fourth-order valence-corrected chi connectivity index (χ4v) is 2.21. The summed E-state index contributed by atoms with van der Waals surface area (Å²) in [6.07, 6.45) is 4.63. The number of ketones is 1. The van der Waals surface area contributed by atoms with E-state index in [-0.39, 0.29) is 18.1 Å². The fraction of sp³-hybridized carbons (Fsp3) is 0.308. The van der Waals surface area contributed by atoms with E-state index >= 15 is 0 Å². The number of aromatic nitrogens is 4. The first-order valence-electron chi connectivity index (χ1n) is 6.40. The lowest BCUT2D eigenvalue weighted by atomic mass is 10.2. The van der Waals surface area contributed by atoms with Crippen molar-refractivity contribution in [2.45, 2.75) is 13.5 Å². The van der Waals surface area contributed by atoms with Crippen molar-refractivity contribution >= 4 is 15.9 Å². The van der Waals surface area contributed by atoms with Gasteiger partial charge in [0.2, 0.25) is 0 Å². The highest BCUT2D eigenvalue weighted by Crippen LogP contribution is 2.11. The fourth-order valence-electron chi connectivity index (χ4n) is 1.63. The quantitative estimate of drug-likeness (QED) is 0.419. The molecule has 8 nitrogen and oxygen atoms in total. The molecule has 0 bridgehead atoms. The maximum absolute atomic E-state index is 11.3. The summed E-state index contributed by atoms with van der Waals surface area (Å²) in [5.41, 5.74) is 0.960. The van der Waals surface area contributed by atoms with Crippen LogP contribution in [-0.4, -0.2) is 42.1 Å². The Morgan fingerprint density at radius 3 is 2.73 bits per heavy atom. The van der Waals surface area contributed by atoms with Crippen LogP contribution < -0.4 is 4.68 Å². The Bertz CT molecular complexity index is 775. The molecule has 0 saturated carbocycles. The molecule has 22 heavy (non-hydrogen) atoms. The molecule has 2 aromatic heterocycles. The molecule has 116 valence electrons. The maximum Gasteiger partial charge on any atom is 0.273 e. The van der Waals surface area contributed by atoms with Gasteiger partial charge < -0.3 is 0 Å². The number of nitrogens with zero attached hydrogens (tertiary/aromatic N) is 4. The van der Waals surface area contributed by atoms with Gasteiger partial charge in [-0.3, -0.25) is 8.98 Å². The molecule has 2 rings (SSSR count). The Hall–Kier alpha value is -2.26. The van der Waals surface area contributed by atoms with Crippen LogP contribution in [0.2, 0.25) is 0 Å². The number of rotatable bonds is 6. The summed E-state index contributed by atoms with van der Waals surface area (Å²) >= 11 is 0. The van der Waals surface area contributed by atoms with Crippen LogP contribution in [0.3, 0.4) is 0 Å². The zero-order chi connectivity index (χ0) is 16.2. The Balaban J connectivity index is 2.15. The number of Topliss-reactive ketones (excluding diaryl/α,β-unsaturated/α-hetero) is 1. The molecular weight excluding hydrogens is 308 g/mol. The van der Waals surface area contributed by atoms with Gasteiger partial charge in [0.1, 0.15) is 17.6 Å². The lowest BCUT2D eigenvalue weighted by molar-refractivity contribution is -0.750. The van der Waals surface area contributed by atoms with Crippen molar-refractivity contribution in [3.05, 3.63) is 36.4 Å². The van der Waals surface area contributed by atoms with Crippen LogP contribution in [0, 0.1) is 0 Å². The lowest BCUT2D eigenvalue weighted by Crippen LogP contribution is -2.40. The standard InChI is InChI=1S/C13H15N4O4S/c1-10(18)12-3-5-14-13(16-12)11-4-6-17(15-9-11)7-8-22(19,20)21-2/h3-6,9H,7-8H2,1-2H3/q+1. The Labute approximate surface area is 127 Å². The van der Waals surface area contributed by atoms with E-state index in [9.17, 15) is 13.2 Å². The third kappa shape index (κ3) is 4.12. The highest BCUT2D eigenvalue weighted by molar-refractivity contribution is 7.86. The Morgan fingerprint density at radius 1 is 1.36 bits per heavy atom. The number of hydrogen-bond acceptors (Lipinski definition) is 7. The van der Waals surface area contributed by atoms with E-state index in [1.54, 1.807) is 12.3 Å². The summed E-state index contributed by atoms with van der Waals surface area (Å²) in [5.74, 6) is 0.0702. The van der Waals surface area contributed by atoms with Crippen LogP contribution >= 0.6 is 0 Å². The Kier molecular flexibility index (Phi) is 4.88. The van der Waals surface area contributed by atoms with Crippen LogP contribution in [0.15, 0.2) is 30.7 Å². The minimum atomic E-state index is -3.52.